The Morgan fingerprint density at radius 3 is 2.38 bits per heavy atom. The topological polar surface area (TPSA) is 91.8 Å². The number of sulfonamides is 1. The van der Waals surface area contributed by atoms with Crippen molar-refractivity contribution in [2.24, 2.45) is 5.92 Å². The molecule has 1 aromatic rings. The van der Waals surface area contributed by atoms with Crippen LogP contribution in [0.2, 0.25) is 0 Å². The fraction of sp³-hybridized carbons (Fsp3) is 0.429. The highest BCUT2D eigenvalue weighted by atomic mass is 32.2. The molecular weight excluding hydrogens is 294 g/mol. The summed E-state index contributed by atoms with van der Waals surface area (Å²) in [7, 11) is -3.95. The third kappa shape index (κ3) is 4.64. The number of ketones is 1. The van der Waals surface area contributed by atoms with Gasteiger partial charge in [-0.1, -0.05) is 26.0 Å². The molecule has 0 saturated heterocycles. The van der Waals surface area contributed by atoms with Crippen LogP contribution in [-0.2, 0) is 14.8 Å². The number of aliphatic carboxylic acids is 1. The van der Waals surface area contributed by atoms with Crippen molar-refractivity contribution in [3.8, 4) is 0 Å². The summed E-state index contributed by atoms with van der Waals surface area (Å²) in [5, 5.41) is 8.89. The first-order valence-corrected chi connectivity index (χ1v) is 7.91. The molecule has 1 N–H and O–H groups in total. The normalized spacial score (nSPS) is 11.9. The molecule has 0 aromatic heterocycles. The third-order valence-corrected chi connectivity index (χ3v) is 4.57. The molecule has 0 atom stereocenters. The lowest BCUT2D eigenvalue weighted by atomic mass is 10.2. The second-order valence-electron chi connectivity index (χ2n) is 5.17. The molecule has 0 amide bonds. The van der Waals surface area contributed by atoms with Gasteiger partial charge < -0.3 is 5.11 Å². The minimum atomic E-state index is -3.95. The Balaban J connectivity index is 3.24. The van der Waals surface area contributed by atoms with Gasteiger partial charge in [-0.25, -0.2) is 8.42 Å². The van der Waals surface area contributed by atoms with E-state index >= 15 is 0 Å². The van der Waals surface area contributed by atoms with Crippen molar-refractivity contribution in [3.05, 3.63) is 29.8 Å². The second-order valence-corrected chi connectivity index (χ2v) is 7.11. The van der Waals surface area contributed by atoms with Gasteiger partial charge in [0.2, 0.25) is 10.0 Å². The Labute approximate surface area is 124 Å². The van der Waals surface area contributed by atoms with Crippen molar-refractivity contribution in [1.29, 1.82) is 0 Å². The zero-order valence-electron chi connectivity index (χ0n) is 12.2. The average molecular weight is 313 g/mol. The minimum absolute atomic E-state index is 0.0184. The molecule has 0 unspecified atom stereocenters. The summed E-state index contributed by atoms with van der Waals surface area (Å²) in [6.07, 6.45) is 0. The number of hydrogen-bond acceptors (Lipinski definition) is 4. The third-order valence-electron chi connectivity index (χ3n) is 2.76. The summed E-state index contributed by atoms with van der Waals surface area (Å²) >= 11 is 0. The maximum Gasteiger partial charge on any atom is 0.318 e. The van der Waals surface area contributed by atoms with Gasteiger partial charge in [-0.3, -0.25) is 9.59 Å². The predicted molar refractivity (Wildman–Crippen MR) is 77.7 cm³/mol. The number of carboxylic acid groups (broad SMARTS) is 1. The number of carbonyl (C=O) groups is 2. The van der Waals surface area contributed by atoms with Gasteiger partial charge in [-0.2, -0.15) is 4.31 Å². The van der Waals surface area contributed by atoms with Crippen LogP contribution in [0.15, 0.2) is 29.2 Å². The van der Waals surface area contributed by atoms with Gasteiger partial charge in [-0.05, 0) is 25.0 Å². The lowest BCUT2D eigenvalue weighted by Gasteiger charge is -2.22. The molecule has 0 heterocycles. The zero-order chi connectivity index (χ0) is 16.2. The van der Waals surface area contributed by atoms with Crippen LogP contribution in [0.1, 0.15) is 31.1 Å². The van der Waals surface area contributed by atoms with E-state index in [0.29, 0.717) is 0 Å². The molecule has 0 radical (unpaired) electrons. The van der Waals surface area contributed by atoms with E-state index < -0.39 is 22.5 Å². The lowest BCUT2D eigenvalue weighted by molar-refractivity contribution is -0.137. The zero-order valence-corrected chi connectivity index (χ0v) is 13.1. The van der Waals surface area contributed by atoms with E-state index in [1.54, 1.807) is 13.8 Å². The van der Waals surface area contributed by atoms with Crippen LogP contribution in [0.4, 0.5) is 0 Å². The maximum atomic E-state index is 12.5. The van der Waals surface area contributed by atoms with E-state index in [0.717, 1.165) is 4.31 Å². The highest BCUT2D eigenvalue weighted by Gasteiger charge is 2.27. The first-order valence-electron chi connectivity index (χ1n) is 6.47. The fourth-order valence-corrected chi connectivity index (χ4v) is 3.43. The number of nitrogens with zero attached hydrogens (tertiary/aromatic N) is 1. The molecule has 1 rings (SSSR count). The average Bonchev–Trinajstić information content (AvgIpc) is 2.37. The van der Waals surface area contributed by atoms with Crippen LogP contribution >= 0.6 is 0 Å². The lowest BCUT2D eigenvalue weighted by Crippen LogP contribution is -2.38. The Morgan fingerprint density at radius 2 is 1.90 bits per heavy atom. The Hall–Kier alpha value is -1.73. The molecule has 0 saturated carbocycles. The predicted octanol–water partition coefficient (Wildman–Crippen LogP) is 1.62. The van der Waals surface area contributed by atoms with E-state index in [4.69, 9.17) is 5.11 Å². The highest BCUT2D eigenvalue weighted by molar-refractivity contribution is 7.89. The minimum Gasteiger partial charge on any atom is -0.480 e. The highest BCUT2D eigenvalue weighted by Crippen LogP contribution is 2.18. The quantitative estimate of drug-likeness (QED) is 0.772. The number of Topliss-reactive ketones (excluding diaryl/α,β-unsaturated/α-hetero) is 1. The van der Waals surface area contributed by atoms with Gasteiger partial charge in [0, 0.05) is 12.1 Å². The summed E-state index contributed by atoms with van der Waals surface area (Å²) in [4.78, 5) is 22.2. The van der Waals surface area contributed by atoms with Gasteiger partial charge >= 0.3 is 5.97 Å². The van der Waals surface area contributed by atoms with Crippen molar-refractivity contribution in [2.75, 3.05) is 13.1 Å². The number of carboxylic acids is 1. The maximum absolute atomic E-state index is 12.5. The van der Waals surface area contributed by atoms with Crippen LogP contribution in [0.3, 0.4) is 0 Å². The largest absolute Gasteiger partial charge is 0.480 e. The first-order chi connectivity index (χ1) is 9.64. The van der Waals surface area contributed by atoms with Crippen LogP contribution in [0, 0.1) is 5.92 Å². The second kappa shape index (κ2) is 6.82. The molecule has 6 nitrogen and oxygen atoms in total. The van der Waals surface area contributed by atoms with E-state index in [9.17, 15) is 18.0 Å². The molecule has 7 heteroatoms. The summed E-state index contributed by atoms with van der Waals surface area (Å²) in [5.74, 6) is -1.49. The van der Waals surface area contributed by atoms with E-state index in [1.165, 1.54) is 31.2 Å². The van der Waals surface area contributed by atoms with E-state index in [-0.39, 0.29) is 28.7 Å². The molecule has 0 fully saturated rings. The molecule has 0 aliphatic rings. The fourth-order valence-electron chi connectivity index (χ4n) is 1.83. The molecule has 21 heavy (non-hydrogen) atoms. The van der Waals surface area contributed by atoms with Crippen LogP contribution in [-0.4, -0.2) is 42.7 Å². The van der Waals surface area contributed by atoms with Crippen LogP contribution < -0.4 is 0 Å². The SMILES string of the molecule is CC(=O)c1cccc(S(=O)(=O)N(CC(=O)O)CC(C)C)c1. The Morgan fingerprint density at radius 1 is 1.29 bits per heavy atom. The first kappa shape index (κ1) is 17.3. The van der Waals surface area contributed by atoms with Gasteiger partial charge in [0.1, 0.15) is 6.54 Å². The molecule has 0 aliphatic carbocycles. The summed E-state index contributed by atoms with van der Waals surface area (Å²) < 4.78 is 26.0. The smallest absolute Gasteiger partial charge is 0.318 e. The Kier molecular flexibility index (Phi) is 5.62. The van der Waals surface area contributed by atoms with E-state index in [2.05, 4.69) is 0 Å². The molecule has 0 bridgehead atoms. The van der Waals surface area contributed by atoms with Crippen LogP contribution in [0.5, 0.6) is 0 Å². The van der Waals surface area contributed by atoms with Crippen LogP contribution in [0.25, 0.3) is 0 Å². The summed E-state index contributed by atoms with van der Waals surface area (Å²) in [6.45, 7) is 4.44. The molecule has 0 aliphatic heterocycles. The number of rotatable bonds is 7. The van der Waals surface area contributed by atoms with Gasteiger partial charge in [0.15, 0.2) is 5.78 Å². The monoisotopic (exact) mass is 313 g/mol. The standard InChI is InChI=1S/C14H19NO5S/c1-10(2)8-15(9-14(17)18)21(19,20)13-6-4-5-12(7-13)11(3)16/h4-7,10H,8-9H2,1-3H3,(H,17,18). The Bertz CT molecular complexity index is 637. The molecule has 1 aromatic carbocycles. The van der Waals surface area contributed by atoms with Gasteiger partial charge in [0.25, 0.3) is 0 Å². The van der Waals surface area contributed by atoms with Crippen molar-refractivity contribution < 1.29 is 23.1 Å². The van der Waals surface area contributed by atoms with Crippen molar-refractivity contribution in [3.63, 3.8) is 0 Å². The summed E-state index contributed by atoms with van der Waals surface area (Å²) in [6, 6.07) is 5.62. The van der Waals surface area contributed by atoms with E-state index in [1.807, 2.05) is 0 Å². The van der Waals surface area contributed by atoms with Crippen molar-refractivity contribution >= 4 is 21.8 Å². The number of benzene rings is 1. The summed E-state index contributed by atoms with van der Waals surface area (Å²) in [5.41, 5.74) is 0.274. The van der Waals surface area contributed by atoms with Crippen molar-refractivity contribution in [1.82, 2.24) is 4.31 Å². The van der Waals surface area contributed by atoms with Gasteiger partial charge in [0.05, 0.1) is 4.90 Å². The number of carbonyl (C=O) groups excluding carboxylic acids is 1. The molecule has 0 spiro atoms. The molecule has 116 valence electrons. The molecular formula is C14H19NO5S. The van der Waals surface area contributed by atoms with Gasteiger partial charge in [-0.15, -0.1) is 0 Å². The van der Waals surface area contributed by atoms with Crippen molar-refractivity contribution in [2.45, 2.75) is 25.7 Å². The number of hydrogen-bond donors (Lipinski definition) is 1.